The van der Waals surface area contributed by atoms with E-state index in [1.807, 2.05) is 0 Å². The fourth-order valence-corrected chi connectivity index (χ4v) is 1.48. The summed E-state index contributed by atoms with van der Waals surface area (Å²) in [6, 6.07) is 3.26. The molecule has 0 heterocycles. The van der Waals surface area contributed by atoms with Crippen LogP contribution in [0.3, 0.4) is 0 Å². The highest BCUT2D eigenvalue weighted by molar-refractivity contribution is 5.82. The van der Waals surface area contributed by atoms with E-state index in [2.05, 4.69) is 0 Å². The van der Waals surface area contributed by atoms with Crippen LogP contribution in [0.2, 0.25) is 0 Å². The quantitative estimate of drug-likeness (QED) is 0.766. The standard InChI is InChI=1S/C13H16F2O2/c1-9(5-6-17-2)13(16)7-10-3-4-11(14)8-12(10)15/h3-4,8-9H,5-7H2,1-2H3. The molecule has 94 valence electrons. The van der Waals surface area contributed by atoms with Gasteiger partial charge in [-0.25, -0.2) is 8.78 Å². The molecule has 0 aliphatic rings. The van der Waals surface area contributed by atoms with Crippen LogP contribution in [0, 0.1) is 17.6 Å². The molecular weight excluding hydrogens is 226 g/mol. The van der Waals surface area contributed by atoms with E-state index in [9.17, 15) is 13.6 Å². The maximum absolute atomic E-state index is 13.3. The lowest BCUT2D eigenvalue weighted by Crippen LogP contribution is -2.16. The molecule has 1 rings (SSSR count). The monoisotopic (exact) mass is 242 g/mol. The SMILES string of the molecule is COCCC(C)C(=O)Cc1ccc(F)cc1F. The number of rotatable bonds is 6. The van der Waals surface area contributed by atoms with Crippen molar-refractivity contribution in [3.63, 3.8) is 0 Å². The van der Waals surface area contributed by atoms with Gasteiger partial charge in [0.25, 0.3) is 0 Å². The second kappa shape index (κ2) is 6.45. The molecule has 1 aromatic rings. The molecule has 1 unspecified atom stereocenters. The largest absolute Gasteiger partial charge is 0.385 e. The van der Waals surface area contributed by atoms with Crippen LogP contribution in [0.5, 0.6) is 0 Å². The first-order valence-electron chi connectivity index (χ1n) is 5.50. The number of benzene rings is 1. The number of hydrogen-bond acceptors (Lipinski definition) is 2. The van der Waals surface area contributed by atoms with Crippen molar-refractivity contribution < 1.29 is 18.3 Å². The minimum absolute atomic E-state index is 0.00298. The molecule has 1 aromatic carbocycles. The van der Waals surface area contributed by atoms with Gasteiger partial charge in [0.05, 0.1) is 0 Å². The third-order valence-corrected chi connectivity index (χ3v) is 2.68. The van der Waals surface area contributed by atoms with Crippen molar-refractivity contribution in [1.29, 1.82) is 0 Å². The Morgan fingerprint density at radius 3 is 2.71 bits per heavy atom. The zero-order chi connectivity index (χ0) is 12.8. The summed E-state index contributed by atoms with van der Waals surface area (Å²) in [4.78, 5) is 11.7. The molecule has 0 radical (unpaired) electrons. The number of halogens is 2. The zero-order valence-electron chi connectivity index (χ0n) is 10.0. The average molecular weight is 242 g/mol. The number of methoxy groups -OCH3 is 1. The van der Waals surface area contributed by atoms with Crippen LogP contribution < -0.4 is 0 Å². The second-order valence-corrected chi connectivity index (χ2v) is 4.06. The van der Waals surface area contributed by atoms with Gasteiger partial charge in [0, 0.05) is 32.1 Å². The first kappa shape index (κ1) is 13.8. The number of carbonyl (C=O) groups is 1. The molecular formula is C13H16F2O2. The lowest BCUT2D eigenvalue weighted by molar-refractivity contribution is -0.122. The van der Waals surface area contributed by atoms with Crippen LogP contribution in [0.15, 0.2) is 18.2 Å². The second-order valence-electron chi connectivity index (χ2n) is 4.06. The summed E-state index contributed by atoms with van der Waals surface area (Å²) in [6.45, 7) is 2.28. The van der Waals surface area contributed by atoms with E-state index in [1.165, 1.54) is 6.07 Å². The number of hydrogen-bond donors (Lipinski definition) is 0. The average Bonchev–Trinajstić information content (AvgIpc) is 2.29. The Kier molecular flexibility index (Phi) is 5.22. The molecule has 0 bridgehead atoms. The third-order valence-electron chi connectivity index (χ3n) is 2.68. The van der Waals surface area contributed by atoms with Gasteiger partial charge in [-0.3, -0.25) is 4.79 Å². The van der Waals surface area contributed by atoms with Crippen molar-refractivity contribution in [3.05, 3.63) is 35.4 Å². The predicted molar refractivity (Wildman–Crippen MR) is 60.7 cm³/mol. The van der Waals surface area contributed by atoms with Gasteiger partial charge in [0.15, 0.2) is 0 Å². The summed E-state index contributed by atoms with van der Waals surface area (Å²) in [5.41, 5.74) is 0.237. The number of ether oxygens (including phenoxy) is 1. The fraction of sp³-hybridized carbons (Fsp3) is 0.462. The van der Waals surface area contributed by atoms with Crippen molar-refractivity contribution in [2.75, 3.05) is 13.7 Å². The maximum atomic E-state index is 13.3. The van der Waals surface area contributed by atoms with Gasteiger partial charge >= 0.3 is 0 Å². The number of carbonyl (C=O) groups excluding carboxylic acids is 1. The van der Waals surface area contributed by atoms with Crippen LogP contribution in [0.25, 0.3) is 0 Å². The fourth-order valence-electron chi connectivity index (χ4n) is 1.48. The zero-order valence-corrected chi connectivity index (χ0v) is 10.0. The molecule has 0 saturated heterocycles. The van der Waals surface area contributed by atoms with E-state index in [4.69, 9.17) is 4.74 Å². The van der Waals surface area contributed by atoms with Gasteiger partial charge in [0.2, 0.25) is 0 Å². The Hall–Kier alpha value is -1.29. The van der Waals surface area contributed by atoms with E-state index in [0.717, 1.165) is 12.1 Å². The Balaban J connectivity index is 2.61. The van der Waals surface area contributed by atoms with Crippen molar-refractivity contribution in [3.8, 4) is 0 Å². The highest BCUT2D eigenvalue weighted by atomic mass is 19.1. The van der Waals surface area contributed by atoms with Crippen LogP contribution in [-0.4, -0.2) is 19.5 Å². The molecule has 0 aliphatic carbocycles. The van der Waals surface area contributed by atoms with E-state index in [0.29, 0.717) is 13.0 Å². The molecule has 0 aromatic heterocycles. The van der Waals surface area contributed by atoms with Crippen LogP contribution in [-0.2, 0) is 16.0 Å². The highest BCUT2D eigenvalue weighted by Crippen LogP contribution is 2.14. The van der Waals surface area contributed by atoms with Crippen molar-refractivity contribution in [1.82, 2.24) is 0 Å². The van der Waals surface area contributed by atoms with Gasteiger partial charge < -0.3 is 4.74 Å². The lowest BCUT2D eigenvalue weighted by atomic mass is 9.97. The summed E-state index contributed by atoms with van der Waals surface area (Å²) >= 11 is 0. The molecule has 0 N–H and O–H groups in total. The summed E-state index contributed by atoms with van der Waals surface area (Å²) in [5.74, 6) is -1.55. The van der Waals surface area contributed by atoms with Crippen LogP contribution in [0.4, 0.5) is 8.78 Å². The van der Waals surface area contributed by atoms with Crippen molar-refractivity contribution in [2.24, 2.45) is 5.92 Å². The van der Waals surface area contributed by atoms with Gasteiger partial charge in [-0.05, 0) is 18.1 Å². The summed E-state index contributed by atoms with van der Waals surface area (Å²) < 4.78 is 30.9. The first-order chi connectivity index (χ1) is 8.04. The molecule has 0 spiro atoms. The van der Waals surface area contributed by atoms with Crippen molar-refractivity contribution >= 4 is 5.78 Å². The summed E-state index contributed by atoms with van der Waals surface area (Å²) in [5, 5.41) is 0. The van der Waals surface area contributed by atoms with Gasteiger partial charge in [-0.1, -0.05) is 13.0 Å². The van der Waals surface area contributed by atoms with E-state index in [-0.39, 0.29) is 23.7 Å². The Morgan fingerprint density at radius 2 is 2.12 bits per heavy atom. The van der Waals surface area contributed by atoms with Gasteiger partial charge in [0.1, 0.15) is 17.4 Å². The molecule has 0 amide bonds. The Morgan fingerprint density at radius 1 is 1.41 bits per heavy atom. The Bertz CT molecular complexity index is 391. The number of Topliss-reactive ketones (excluding diaryl/α,β-unsaturated/α-hetero) is 1. The first-order valence-corrected chi connectivity index (χ1v) is 5.50. The van der Waals surface area contributed by atoms with Crippen LogP contribution in [0.1, 0.15) is 18.9 Å². The lowest BCUT2D eigenvalue weighted by Gasteiger charge is -2.10. The molecule has 0 saturated carbocycles. The minimum Gasteiger partial charge on any atom is -0.385 e. The van der Waals surface area contributed by atoms with E-state index < -0.39 is 11.6 Å². The minimum atomic E-state index is -0.669. The maximum Gasteiger partial charge on any atom is 0.140 e. The summed E-state index contributed by atoms with van der Waals surface area (Å²) in [6.07, 6.45) is 0.606. The smallest absolute Gasteiger partial charge is 0.140 e. The number of ketones is 1. The van der Waals surface area contributed by atoms with Gasteiger partial charge in [-0.2, -0.15) is 0 Å². The van der Waals surface area contributed by atoms with E-state index >= 15 is 0 Å². The normalized spacial score (nSPS) is 12.5. The Labute approximate surface area is 99.6 Å². The van der Waals surface area contributed by atoms with Crippen molar-refractivity contribution in [2.45, 2.75) is 19.8 Å². The predicted octanol–water partition coefficient (Wildman–Crippen LogP) is 2.75. The molecule has 1 atom stereocenters. The highest BCUT2D eigenvalue weighted by Gasteiger charge is 2.15. The summed E-state index contributed by atoms with van der Waals surface area (Å²) in [7, 11) is 1.57. The molecule has 0 fully saturated rings. The van der Waals surface area contributed by atoms with E-state index in [1.54, 1.807) is 14.0 Å². The van der Waals surface area contributed by atoms with Gasteiger partial charge in [-0.15, -0.1) is 0 Å². The third kappa shape index (κ3) is 4.23. The molecule has 4 heteroatoms. The molecule has 2 nitrogen and oxygen atoms in total. The van der Waals surface area contributed by atoms with Crippen LogP contribution >= 0.6 is 0 Å². The molecule has 0 aliphatic heterocycles. The molecule has 17 heavy (non-hydrogen) atoms. The topological polar surface area (TPSA) is 26.3 Å².